The zero-order valence-corrected chi connectivity index (χ0v) is 13.0. The molecule has 0 unspecified atom stereocenters. The number of aromatic nitrogens is 2. The van der Waals surface area contributed by atoms with Gasteiger partial charge in [-0.05, 0) is 24.5 Å². The molecule has 1 heterocycles. The molecule has 112 valence electrons. The Labute approximate surface area is 129 Å². The Kier molecular flexibility index (Phi) is 4.27. The van der Waals surface area contributed by atoms with E-state index in [1.165, 1.54) is 19.3 Å². The number of rotatable bonds is 4. The van der Waals surface area contributed by atoms with E-state index in [9.17, 15) is 0 Å². The van der Waals surface area contributed by atoms with E-state index in [1.54, 1.807) is 0 Å². The van der Waals surface area contributed by atoms with Crippen molar-refractivity contribution in [3.05, 3.63) is 46.6 Å². The van der Waals surface area contributed by atoms with Crippen molar-refractivity contribution < 1.29 is 4.52 Å². The predicted molar refractivity (Wildman–Crippen MR) is 82.1 cm³/mol. The van der Waals surface area contributed by atoms with Gasteiger partial charge in [0.05, 0.1) is 5.54 Å². The van der Waals surface area contributed by atoms with Crippen molar-refractivity contribution >= 4 is 11.6 Å². The molecule has 1 aliphatic carbocycles. The van der Waals surface area contributed by atoms with Crippen LogP contribution in [0.2, 0.25) is 5.02 Å². The van der Waals surface area contributed by atoms with Crippen molar-refractivity contribution in [1.29, 1.82) is 0 Å². The first-order valence-corrected chi connectivity index (χ1v) is 7.87. The first kappa shape index (κ1) is 14.5. The largest absolute Gasteiger partial charge is 0.340 e. The Morgan fingerprint density at radius 3 is 2.67 bits per heavy atom. The lowest BCUT2D eigenvalue weighted by atomic mass is 9.81. The van der Waals surface area contributed by atoms with Crippen molar-refractivity contribution in [3.8, 4) is 0 Å². The first-order chi connectivity index (χ1) is 10.2. The summed E-state index contributed by atoms with van der Waals surface area (Å²) in [6, 6.07) is 7.93. The van der Waals surface area contributed by atoms with Crippen molar-refractivity contribution in [3.63, 3.8) is 0 Å². The topological polar surface area (TPSA) is 51.0 Å². The fraction of sp³-hybridized carbons (Fsp3) is 0.500. The smallest absolute Gasteiger partial charge is 0.223 e. The Morgan fingerprint density at radius 2 is 2.00 bits per heavy atom. The van der Waals surface area contributed by atoms with E-state index < -0.39 is 0 Å². The molecule has 0 spiro atoms. The molecule has 21 heavy (non-hydrogen) atoms. The molecule has 5 heteroatoms. The fourth-order valence-electron chi connectivity index (χ4n) is 3.03. The standard InChI is InChI=1S/C16H20ClN3O/c1-12-19-15(20-21-12)16(9-5-2-6-10-16)18-11-13-7-3-4-8-14(13)17/h3-4,7-8,18H,2,5-6,9-11H2,1H3. The van der Waals surface area contributed by atoms with E-state index in [2.05, 4.69) is 15.5 Å². The highest BCUT2D eigenvalue weighted by Crippen LogP contribution is 2.36. The Bertz CT molecular complexity index is 605. The summed E-state index contributed by atoms with van der Waals surface area (Å²) in [5.41, 5.74) is 0.916. The van der Waals surface area contributed by atoms with Crippen LogP contribution in [0.15, 0.2) is 28.8 Å². The van der Waals surface area contributed by atoms with Gasteiger partial charge in [-0.2, -0.15) is 4.98 Å². The number of nitrogens with one attached hydrogen (secondary N) is 1. The molecule has 0 aliphatic heterocycles. The maximum atomic E-state index is 6.25. The van der Waals surface area contributed by atoms with Crippen molar-refractivity contribution in [2.45, 2.75) is 51.1 Å². The molecule has 1 saturated carbocycles. The molecule has 1 aromatic heterocycles. The molecule has 1 fully saturated rings. The molecule has 1 N–H and O–H groups in total. The molecule has 0 saturated heterocycles. The van der Waals surface area contributed by atoms with Gasteiger partial charge in [-0.3, -0.25) is 0 Å². The van der Waals surface area contributed by atoms with Gasteiger partial charge in [0.15, 0.2) is 5.82 Å². The minimum Gasteiger partial charge on any atom is -0.340 e. The Hall–Kier alpha value is -1.39. The number of hydrogen-bond donors (Lipinski definition) is 1. The van der Waals surface area contributed by atoms with E-state index >= 15 is 0 Å². The summed E-state index contributed by atoms with van der Waals surface area (Å²) in [6.45, 7) is 2.55. The van der Waals surface area contributed by atoms with Crippen LogP contribution >= 0.6 is 11.6 Å². The zero-order valence-electron chi connectivity index (χ0n) is 12.2. The summed E-state index contributed by atoms with van der Waals surface area (Å²) in [4.78, 5) is 4.47. The third-order valence-electron chi connectivity index (χ3n) is 4.24. The van der Waals surface area contributed by atoms with Crippen LogP contribution in [0, 0.1) is 6.92 Å². The second-order valence-corrected chi connectivity index (χ2v) is 6.13. The maximum Gasteiger partial charge on any atom is 0.223 e. The normalized spacial score (nSPS) is 17.8. The average molecular weight is 306 g/mol. The minimum atomic E-state index is -0.185. The third kappa shape index (κ3) is 3.11. The van der Waals surface area contributed by atoms with Crippen molar-refractivity contribution in [1.82, 2.24) is 15.5 Å². The minimum absolute atomic E-state index is 0.185. The van der Waals surface area contributed by atoms with Crippen molar-refractivity contribution in [2.24, 2.45) is 0 Å². The van der Waals surface area contributed by atoms with E-state index in [0.717, 1.165) is 29.3 Å². The summed E-state index contributed by atoms with van der Waals surface area (Å²) in [7, 11) is 0. The second-order valence-electron chi connectivity index (χ2n) is 5.72. The van der Waals surface area contributed by atoms with Crippen molar-refractivity contribution in [2.75, 3.05) is 0 Å². The molecule has 2 aromatic rings. The summed E-state index contributed by atoms with van der Waals surface area (Å²) in [5.74, 6) is 1.40. The van der Waals surface area contributed by atoms with Crippen LogP contribution < -0.4 is 5.32 Å². The summed E-state index contributed by atoms with van der Waals surface area (Å²) < 4.78 is 5.19. The Balaban J connectivity index is 1.82. The van der Waals surface area contributed by atoms with Crippen LogP contribution in [0.25, 0.3) is 0 Å². The van der Waals surface area contributed by atoms with E-state index in [4.69, 9.17) is 16.1 Å². The summed E-state index contributed by atoms with van der Waals surface area (Å²) in [6.07, 6.45) is 5.71. The van der Waals surface area contributed by atoms with Crippen LogP contribution in [0.5, 0.6) is 0 Å². The first-order valence-electron chi connectivity index (χ1n) is 7.49. The van der Waals surface area contributed by atoms with E-state index in [-0.39, 0.29) is 5.54 Å². The number of benzene rings is 1. The van der Waals surface area contributed by atoms with E-state index in [1.807, 2.05) is 31.2 Å². The molecular formula is C16H20ClN3O. The highest BCUT2D eigenvalue weighted by Gasteiger charge is 2.37. The van der Waals surface area contributed by atoms with Gasteiger partial charge in [0.25, 0.3) is 0 Å². The molecule has 1 aliphatic rings. The molecule has 1 aromatic carbocycles. The number of hydrogen-bond acceptors (Lipinski definition) is 4. The van der Waals surface area contributed by atoms with Gasteiger partial charge >= 0.3 is 0 Å². The van der Waals surface area contributed by atoms with Crippen LogP contribution in [0.3, 0.4) is 0 Å². The molecular weight excluding hydrogens is 286 g/mol. The van der Waals surface area contributed by atoms with Gasteiger partial charge in [-0.15, -0.1) is 0 Å². The fourth-order valence-corrected chi connectivity index (χ4v) is 3.24. The van der Waals surface area contributed by atoms with Gasteiger partial charge in [0.2, 0.25) is 5.89 Å². The monoisotopic (exact) mass is 305 g/mol. The quantitative estimate of drug-likeness (QED) is 0.928. The molecule has 0 radical (unpaired) electrons. The predicted octanol–water partition coefficient (Wildman–Crippen LogP) is 3.98. The molecule has 0 bridgehead atoms. The Morgan fingerprint density at radius 1 is 1.24 bits per heavy atom. The lowest BCUT2D eigenvalue weighted by Gasteiger charge is -2.35. The van der Waals surface area contributed by atoms with Crippen LogP contribution in [0.4, 0.5) is 0 Å². The highest BCUT2D eigenvalue weighted by molar-refractivity contribution is 6.31. The number of halogens is 1. The lowest BCUT2D eigenvalue weighted by Crippen LogP contribution is -2.44. The third-order valence-corrected chi connectivity index (χ3v) is 4.61. The lowest BCUT2D eigenvalue weighted by molar-refractivity contribution is 0.211. The molecule has 0 atom stereocenters. The van der Waals surface area contributed by atoms with Gasteiger partial charge < -0.3 is 9.84 Å². The molecule has 4 nitrogen and oxygen atoms in total. The highest BCUT2D eigenvalue weighted by atomic mass is 35.5. The van der Waals surface area contributed by atoms with Gasteiger partial charge in [-0.1, -0.05) is 54.2 Å². The SMILES string of the molecule is Cc1nc(C2(NCc3ccccc3Cl)CCCCC2)no1. The average Bonchev–Trinajstić information content (AvgIpc) is 2.95. The molecule has 0 amide bonds. The number of aryl methyl sites for hydroxylation is 1. The zero-order chi connectivity index (χ0) is 14.7. The summed E-state index contributed by atoms with van der Waals surface area (Å²) >= 11 is 6.25. The van der Waals surface area contributed by atoms with E-state index in [0.29, 0.717) is 12.4 Å². The summed E-state index contributed by atoms with van der Waals surface area (Å²) in [5, 5.41) is 8.61. The van der Waals surface area contributed by atoms with Gasteiger partial charge in [0.1, 0.15) is 0 Å². The maximum absolute atomic E-state index is 6.25. The van der Waals surface area contributed by atoms with Gasteiger partial charge in [0, 0.05) is 18.5 Å². The van der Waals surface area contributed by atoms with Gasteiger partial charge in [-0.25, -0.2) is 0 Å². The molecule has 3 rings (SSSR count). The van der Waals surface area contributed by atoms with Crippen LogP contribution in [-0.2, 0) is 12.1 Å². The number of nitrogens with zero attached hydrogens (tertiary/aromatic N) is 2. The second kappa shape index (κ2) is 6.16. The van der Waals surface area contributed by atoms with Crippen LogP contribution in [0.1, 0.15) is 49.4 Å². The van der Waals surface area contributed by atoms with Crippen LogP contribution in [-0.4, -0.2) is 10.1 Å².